The second-order valence-corrected chi connectivity index (χ2v) is 4.68. The van der Waals surface area contributed by atoms with Crippen LogP contribution in [-0.4, -0.2) is 23.9 Å². The van der Waals surface area contributed by atoms with Crippen LogP contribution >= 0.6 is 0 Å². The topological polar surface area (TPSA) is 57.0 Å². The minimum absolute atomic E-state index is 0.00353. The van der Waals surface area contributed by atoms with E-state index in [-0.39, 0.29) is 5.78 Å². The van der Waals surface area contributed by atoms with Gasteiger partial charge < -0.3 is 4.90 Å². The number of pyridine rings is 1. The molecular formula is C14H19N3O. The maximum Gasteiger partial charge on any atom is 0.163 e. The molecule has 1 aromatic rings. The number of rotatable bonds is 6. The highest BCUT2D eigenvalue weighted by Gasteiger charge is 2.15. The molecule has 0 aliphatic heterocycles. The summed E-state index contributed by atoms with van der Waals surface area (Å²) in [4.78, 5) is 17.9. The van der Waals surface area contributed by atoms with E-state index in [2.05, 4.69) is 24.9 Å². The first-order valence-electron chi connectivity index (χ1n) is 6.14. The molecule has 18 heavy (non-hydrogen) atoms. The molecule has 0 bridgehead atoms. The quantitative estimate of drug-likeness (QED) is 0.723. The second kappa shape index (κ2) is 6.75. The molecule has 0 saturated carbocycles. The lowest BCUT2D eigenvalue weighted by Crippen LogP contribution is -2.30. The van der Waals surface area contributed by atoms with E-state index in [1.54, 1.807) is 25.3 Å². The molecule has 4 nitrogen and oxygen atoms in total. The summed E-state index contributed by atoms with van der Waals surface area (Å²) in [5.74, 6) is 1.14. The van der Waals surface area contributed by atoms with E-state index in [1.807, 2.05) is 4.90 Å². The first kappa shape index (κ1) is 14.2. The van der Waals surface area contributed by atoms with Crippen LogP contribution in [0.3, 0.4) is 0 Å². The number of aromatic nitrogens is 1. The summed E-state index contributed by atoms with van der Waals surface area (Å²) in [5.41, 5.74) is 0.621. The Balaban J connectivity index is 3.04. The van der Waals surface area contributed by atoms with Crippen LogP contribution in [0.2, 0.25) is 0 Å². The van der Waals surface area contributed by atoms with E-state index in [4.69, 9.17) is 5.26 Å². The van der Waals surface area contributed by atoms with Gasteiger partial charge in [-0.3, -0.25) is 4.79 Å². The van der Waals surface area contributed by atoms with Gasteiger partial charge in [-0.05, 0) is 25.0 Å². The van der Waals surface area contributed by atoms with Gasteiger partial charge in [0.2, 0.25) is 0 Å². The van der Waals surface area contributed by atoms with Crippen molar-refractivity contribution < 1.29 is 4.79 Å². The molecule has 0 aliphatic rings. The number of anilines is 1. The number of ketones is 1. The van der Waals surface area contributed by atoms with E-state index in [0.717, 1.165) is 6.54 Å². The standard InChI is InChI=1S/C14H19N3O/c1-11(2)10-17(9-5-7-15)14-13(12(3)18)6-4-8-16-14/h4,6,8,11H,5,9-10H2,1-3H3. The van der Waals surface area contributed by atoms with E-state index in [0.29, 0.717) is 30.3 Å². The Labute approximate surface area is 108 Å². The fourth-order valence-electron chi connectivity index (χ4n) is 1.83. The van der Waals surface area contributed by atoms with Crippen molar-refractivity contribution in [1.29, 1.82) is 5.26 Å². The highest BCUT2D eigenvalue weighted by atomic mass is 16.1. The Hall–Kier alpha value is -1.89. The molecule has 0 unspecified atom stereocenters. The Bertz CT molecular complexity index is 449. The number of nitrogens with zero attached hydrogens (tertiary/aromatic N) is 3. The van der Waals surface area contributed by atoms with Gasteiger partial charge in [0.05, 0.1) is 18.1 Å². The number of nitriles is 1. The summed E-state index contributed by atoms with van der Waals surface area (Å²) < 4.78 is 0. The zero-order valence-corrected chi connectivity index (χ0v) is 11.2. The maximum absolute atomic E-state index is 11.6. The van der Waals surface area contributed by atoms with Crippen LogP contribution in [0, 0.1) is 17.2 Å². The molecular weight excluding hydrogens is 226 g/mol. The summed E-state index contributed by atoms with van der Waals surface area (Å²) in [7, 11) is 0. The van der Waals surface area contributed by atoms with Crippen LogP contribution in [-0.2, 0) is 0 Å². The lowest BCUT2D eigenvalue weighted by atomic mass is 10.1. The van der Waals surface area contributed by atoms with Crippen LogP contribution < -0.4 is 4.90 Å². The minimum Gasteiger partial charge on any atom is -0.355 e. The van der Waals surface area contributed by atoms with Crippen molar-refractivity contribution in [1.82, 2.24) is 4.98 Å². The van der Waals surface area contributed by atoms with Gasteiger partial charge in [0, 0.05) is 19.3 Å². The summed E-state index contributed by atoms with van der Waals surface area (Å²) in [6, 6.07) is 5.68. The largest absolute Gasteiger partial charge is 0.355 e. The smallest absolute Gasteiger partial charge is 0.163 e. The molecule has 4 heteroatoms. The van der Waals surface area contributed by atoms with E-state index >= 15 is 0 Å². The van der Waals surface area contributed by atoms with Crippen LogP contribution in [0.1, 0.15) is 37.6 Å². The molecule has 0 amide bonds. The van der Waals surface area contributed by atoms with Crippen molar-refractivity contribution in [2.45, 2.75) is 27.2 Å². The average molecular weight is 245 g/mol. The van der Waals surface area contributed by atoms with Crippen molar-refractivity contribution in [3.05, 3.63) is 23.9 Å². The van der Waals surface area contributed by atoms with Crippen molar-refractivity contribution in [3.8, 4) is 6.07 Å². The van der Waals surface area contributed by atoms with Gasteiger partial charge in [-0.1, -0.05) is 13.8 Å². The molecule has 0 spiro atoms. The highest BCUT2D eigenvalue weighted by Crippen LogP contribution is 2.19. The molecule has 0 N–H and O–H groups in total. The van der Waals surface area contributed by atoms with Crippen molar-refractivity contribution in [2.75, 3.05) is 18.0 Å². The third-order valence-corrected chi connectivity index (χ3v) is 2.54. The minimum atomic E-state index is 0.00353. The van der Waals surface area contributed by atoms with Gasteiger partial charge >= 0.3 is 0 Å². The second-order valence-electron chi connectivity index (χ2n) is 4.68. The van der Waals surface area contributed by atoms with Crippen LogP contribution in [0.5, 0.6) is 0 Å². The third-order valence-electron chi connectivity index (χ3n) is 2.54. The summed E-state index contributed by atoms with van der Waals surface area (Å²) >= 11 is 0. The van der Waals surface area contributed by atoms with Gasteiger partial charge in [-0.2, -0.15) is 5.26 Å². The summed E-state index contributed by atoms with van der Waals surface area (Å²) in [5, 5.41) is 8.71. The normalized spacial score (nSPS) is 10.2. The van der Waals surface area contributed by atoms with Crippen molar-refractivity contribution >= 4 is 11.6 Å². The number of hydrogen-bond donors (Lipinski definition) is 0. The third kappa shape index (κ3) is 3.85. The maximum atomic E-state index is 11.6. The van der Waals surface area contributed by atoms with Gasteiger partial charge in [-0.15, -0.1) is 0 Å². The molecule has 0 saturated heterocycles. The average Bonchev–Trinajstić information content (AvgIpc) is 2.34. The summed E-state index contributed by atoms with van der Waals surface area (Å²) in [6.07, 6.45) is 2.11. The fraction of sp³-hybridized carbons (Fsp3) is 0.500. The predicted molar refractivity (Wildman–Crippen MR) is 71.5 cm³/mol. The van der Waals surface area contributed by atoms with Crippen LogP contribution in [0.4, 0.5) is 5.82 Å². The molecule has 1 aromatic heterocycles. The van der Waals surface area contributed by atoms with Crippen molar-refractivity contribution in [3.63, 3.8) is 0 Å². The first-order chi connectivity index (χ1) is 8.56. The Morgan fingerprint density at radius 1 is 1.56 bits per heavy atom. The van der Waals surface area contributed by atoms with Crippen LogP contribution in [0.25, 0.3) is 0 Å². The van der Waals surface area contributed by atoms with E-state index in [9.17, 15) is 4.79 Å². The SMILES string of the molecule is CC(=O)c1cccnc1N(CCC#N)CC(C)C. The van der Waals surface area contributed by atoms with Gasteiger partial charge in [-0.25, -0.2) is 4.98 Å². The van der Waals surface area contributed by atoms with E-state index in [1.165, 1.54) is 0 Å². The van der Waals surface area contributed by atoms with Gasteiger partial charge in [0.15, 0.2) is 5.78 Å². The number of carbonyl (C=O) groups is 1. The zero-order valence-electron chi connectivity index (χ0n) is 11.2. The molecule has 0 fully saturated rings. The van der Waals surface area contributed by atoms with Crippen molar-refractivity contribution in [2.24, 2.45) is 5.92 Å². The first-order valence-corrected chi connectivity index (χ1v) is 6.14. The Morgan fingerprint density at radius 2 is 2.28 bits per heavy atom. The lowest BCUT2D eigenvalue weighted by Gasteiger charge is -2.26. The summed E-state index contributed by atoms with van der Waals surface area (Å²) in [6.45, 7) is 7.15. The van der Waals surface area contributed by atoms with Crippen LogP contribution in [0.15, 0.2) is 18.3 Å². The number of carbonyl (C=O) groups excluding carboxylic acids is 1. The zero-order chi connectivity index (χ0) is 13.5. The molecule has 96 valence electrons. The number of hydrogen-bond acceptors (Lipinski definition) is 4. The molecule has 1 heterocycles. The number of Topliss-reactive ketones (excluding diaryl/α,β-unsaturated/α-hetero) is 1. The van der Waals surface area contributed by atoms with E-state index < -0.39 is 0 Å². The lowest BCUT2D eigenvalue weighted by molar-refractivity contribution is 0.101. The Kier molecular flexibility index (Phi) is 5.31. The van der Waals surface area contributed by atoms with Gasteiger partial charge in [0.1, 0.15) is 5.82 Å². The fourth-order valence-corrected chi connectivity index (χ4v) is 1.83. The molecule has 0 aliphatic carbocycles. The molecule has 0 aromatic carbocycles. The molecule has 1 rings (SSSR count). The highest BCUT2D eigenvalue weighted by molar-refractivity contribution is 5.98. The molecule has 0 atom stereocenters. The predicted octanol–water partition coefficient (Wildman–Crippen LogP) is 2.66. The van der Waals surface area contributed by atoms with Gasteiger partial charge in [0.25, 0.3) is 0 Å². The Morgan fingerprint density at radius 3 is 2.83 bits per heavy atom. The monoisotopic (exact) mass is 245 g/mol. The molecule has 0 radical (unpaired) electrons.